The summed E-state index contributed by atoms with van der Waals surface area (Å²) in [5.41, 5.74) is 2.65. The van der Waals surface area contributed by atoms with Gasteiger partial charge in [0.15, 0.2) is 6.29 Å². The molecule has 0 bridgehead atoms. The zero-order valence-electron chi connectivity index (χ0n) is 10.6. The van der Waals surface area contributed by atoms with Gasteiger partial charge in [0.25, 0.3) is 0 Å². The molecule has 2 heterocycles. The fourth-order valence-corrected chi connectivity index (χ4v) is 2.28. The molecule has 1 aromatic carbocycles. The van der Waals surface area contributed by atoms with E-state index in [1.807, 2.05) is 25.2 Å². The van der Waals surface area contributed by atoms with E-state index < -0.39 is 0 Å². The third-order valence-electron chi connectivity index (χ3n) is 3.15. The number of hydrogen-bond acceptors (Lipinski definition) is 4. The number of ether oxygens (including phenoxy) is 1. The number of carbonyl (C=O) groups excluding carboxylic acids is 1. The lowest BCUT2D eigenvalue weighted by atomic mass is 10.0. The summed E-state index contributed by atoms with van der Waals surface area (Å²) in [6, 6.07) is 5.63. The number of nitrogens with zero attached hydrogens (tertiary/aromatic N) is 2. The maximum Gasteiger partial charge on any atom is 0.157 e. The van der Waals surface area contributed by atoms with E-state index >= 15 is 0 Å². The first-order chi connectivity index (χ1) is 9.26. The predicted molar refractivity (Wildman–Crippen MR) is 70.4 cm³/mol. The lowest BCUT2D eigenvalue weighted by Gasteiger charge is -2.11. The van der Waals surface area contributed by atoms with Crippen molar-refractivity contribution in [3.8, 4) is 17.0 Å². The lowest BCUT2D eigenvalue weighted by Crippen LogP contribution is -1.99. The number of carbonyl (C=O) groups is 1. The van der Waals surface area contributed by atoms with E-state index in [1.54, 1.807) is 17.1 Å². The van der Waals surface area contributed by atoms with Crippen molar-refractivity contribution in [2.75, 3.05) is 7.11 Å². The van der Waals surface area contributed by atoms with E-state index in [0.29, 0.717) is 16.9 Å². The van der Waals surface area contributed by atoms with E-state index in [0.717, 1.165) is 22.9 Å². The van der Waals surface area contributed by atoms with Crippen LogP contribution in [0.5, 0.6) is 5.75 Å². The van der Waals surface area contributed by atoms with Crippen LogP contribution in [0, 0.1) is 0 Å². The van der Waals surface area contributed by atoms with Gasteiger partial charge in [0, 0.05) is 24.2 Å². The van der Waals surface area contributed by atoms with Gasteiger partial charge in [0.1, 0.15) is 16.9 Å². The van der Waals surface area contributed by atoms with Crippen LogP contribution in [0.4, 0.5) is 0 Å². The molecule has 0 spiro atoms. The Morgan fingerprint density at radius 3 is 2.89 bits per heavy atom. The van der Waals surface area contributed by atoms with Gasteiger partial charge in [-0.15, -0.1) is 0 Å². The number of rotatable bonds is 3. The van der Waals surface area contributed by atoms with Crippen LogP contribution >= 0.6 is 0 Å². The summed E-state index contributed by atoms with van der Waals surface area (Å²) in [6.07, 6.45) is 4.02. The predicted octanol–water partition coefficient (Wildman–Crippen LogP) is 2.65. The van der Waals surface area contributed by atoms with Gasteiger partial charge < -0.3 is 9.15 Å². The van der Waals surface area contributed by atoms with E-state index in [-0.39, 0.29) is 0 Å². The molecule has 0 aliphatic heterocycles. The van der Waals surface area contributed by atoms with Crippen molar-refractivity contribution < 1.29 is 13.9 Å². The van der Waals surface area contributed by atoms with Crippen molar-refractivity contribution in [2.45, 2.75) is 0 Å². The van der Waals surface area contributed by atoms with Crippen LogP contribution in [0.15, 0.2) is 35.1 Å². The van der Waals surface area contributed by atoms with Gasteiger partial charge in [-0.1, -0.05) is 0 Å². The van der Waals surface area contributed by atoms with Crippen LogP contribution in [0.25, 0.3) is 22.2 Å². The summed E-state index contributed by atoms with van der Waals surface area (Å²) in [6.45, 7) is 0. The largest absolute Gasteiger partial charge is 0.495 e. The smallest absolute Gasteiger partial charge is 0.157 e. The van der Waals surface area contributed by atoms with Crippen molar-refractivity contribution in [3.05, 3.63) is 36.2 Å². The Kier molecular flexibility index (Phi) is 2.59. The summed E-state index contributed by atoms with van der Waals surface area (Å²) in [5, 5.41) is 5.00. The molecule has 0 N–H and O–H groups in total. The number of aryl methyl sites for hydroxylation is 1. The fourth-order valence-electron chi connectivity index (χ4n) is 2.28. The van der Waals surface area contributed by atoms with Crippen molar-refractivity contribution in [1.29, 1.82) is 0 Å². The van der Waals surface area contributed by atoms with Crippen LogP contribution in [0.2, 0.25) is 0 Å². The average Bonchev–Trinajstić information content (AvgIpc) is 3.04. The van der Waals surface area contributed by atoms with E-state index in [9.17, 15) is 4.79 Å². The Morgan fingerprint density at radius 2 is 2.26 bits per heavy atom. The second kappa shape index (κ2) is 4.28. The van der Waals surface area contributed by atoms with Crippen molar-refractivity contribution in [2.24, 2.45) is 7.05 Å². The maximum atomic E-state index is 11.3. The van der Waals surface area contributed by atoms with Gasteiger partial charge in [-0.05, 0) is 18.2 Å². The van der Waals surface area contributed by atoms with Gasteiger partial charge >= 0.3 is 0 Å². The molecule has 3 aromatic rings. The van der Waals surface area contributed by atoms with Gasteiger partial charge in [-0.2, -0.15) is 5.10 Å². The minimum Gasteiger partial charge on any atom is -0.495 e. The number of fused-ring (bicyclic) bond motifs is 1. The highest BCUT2D eigenvalue weighted by molar-refractivity contribution is 6.02. The molecule has 0 radical (unpaired) electrons. The van der Waals surface area contributed by atoms with Crippen LogP contribution in [0.3, 0.4) is 0 Å². The van der Waals surface area contributed by atoms with E-state index in [2.05, 4.69) is 5.10 Å². The van der Waals surface area contributed by atoms with Crippen LogP contribution in [-0.2, 0) is 7.05 Å². The number of benzene rings is 1. The summed E-state index contributed by atoms with van der Waals surface area (Å²) < 4.78 is 12.5. The van der Waals surface area contributed by atoms with Crippen molar-refractivity contribution >= 4 is 17.3 Å². The second-order valence-corrected chi connectivity index (χ2v) is 4.17. The summed E-state index contributed by atoms with van der Waals surface area (Å²) >= 11 is 0. The highest BCUT2D eigenvalue weighted by Gasteiger charge is 2.18. The van der Waals surface area contributed by atoms with Gasteiger partial charge in [0.05, 0.1) is 19.1 Å². The molecular formula is C14H12N2O3. The number of aldehydes is 1. The Bertz CT molecular complexity index is 755. The Labute approximate surface area is 109 Å². The number of methoxy groups -OCH3 is 1. The van der Waals surface area contributed by atoms with Crippen molar-refractivity contribution in [1.82, 2.24) is 9.78 Å². The Morgan fingerprint density at radius 1 is 1.42 bits per heavy atom. The first kappa shape index (κ1) is 11.5. The molecule has 3 rings (SSSR count). The molecule has 0 saturated heterocycles. The molecule has 0 aliphatic rings. The minimum absolute atomic E-state index is 0.418. The van der Waals surface area contributed by atoms with Crippen LogP contribution in [-0.4, -0.2) is 23.2 Å². The molecule has 0 unspecified atom stereocenters. The fraction of sp³-hybridized carbons (Fsp3) is 0.143. The number of furan rings is 1. The highest BCUT2D eigenvalue weighted by atomic mass is 16.5. The van der Waals surface area contributed by atoms with Gasteiger partial charge in [-0.25, -0.2) is 0 Å². The quantitative estimate of drug-likeness (QED) is 0.676. The molecule has 0 fully saturated rings. The summed E-state index contributed by atoms with van der Waals surface area (Å²) in [7, 11) is 3.38. The normalized spacial score (nSPS) is 10.8. The monoisotopic (exact) mass is 256 g/mol. The second-order valence-electron chi connectivity index (χ2n) is 4.17. The molecule has 5 nitrogen and oxygen atoms in total. The van der Waals surface area contributed by atoms with E-state index in [1.165, 1.54) is 7.11 Å². The Balaban J connectivity index is 2.41. The molecule has 2 aromatic heterocycles. The number of hydrogen-bond donors (Lipinski definition) is 0. The molecule has 0 aliphatic carbocycles. The average molecular weight is 256 g/mol. The molecule has 0 atom stereocenters. The lowest BCUT2D eigenvalue weighted by molar-refractivity contribution is 0.112. The zero-order valence-corrected chi connectivity index (χ0v) is 10.6. The van der Waals surface area contributed by atoms with Crippen molar-refractivity contribution in [3.63, 3.8) is 0 Å². The first-order valence-corrected chi connectivity index (χ1v) is 5.78. The summed E-state index contributed by atoms with van der Waals surface area (Å²) in [5.74, 6) is 0.501. The van der Waals surface area contributed by atoms with E-state index in [4.69, 9.17) is 9.15 Å². The molecule has 5 heteroatoms. The molecule has 0 amide bonds. The SMILES string of the molecule is COc1c(-c2ccnn2C)cc2ccoc2c1C=O. The van der Waals surface area contributed by atoms with Crippen LogP contribution < -0.4 is 4.74 Å². The van der Waals surface area contributed by atoms with Gasteiger partial charge in [-0.3, -0.25) is 9.48 Å². The standard InChI is InChI=1S/C14H12N2O3/c1-16-12(3-5-15-16)10-7-9-4-6-19-13(9)11(8-17)14(10)18-2/h3-8H,1-2H3. The first-order valence-electron chi connectivity index (χ1n) is 5.78. The summed E-state index contributed by atoms with van der Waals surface area (Å²) in [4.78, 5) is 11.3. The number of aromatic nitrogens is 2. The highest BCUT2D eigenvalue weighted by Crippen LogP contribution is 2.37. The topological polar surface area (TPSA) is 57.3 Å². The molecule has 0 saturated carbocycles. The van der Waals surface area contributed by atoms with Gasteiger partial charge in [0.2, 0.25) is 0 Å². The minimum atomic E-state index is 0.418. The Hall–Kier alpha value is -2.56. The third kappa shape index (κ3) is 1.62. The molecule has 19 heavy (non-hydrogen) atoms. The maximum absolute atomic E-state index is 11.3. The molecular weight excluding hydrogens is 244 g/mol. The van der Waals surface area contributed by atoms with Crippen LogP contribution in [0.1, 0.15) is 10.4 Å². The zero-order chi connectivity index (χ0) is 13.4. The third-order valence-corrected chi connectivity index (χ3v) is 3.15. The molecule has 96 valence electrons.